The van der Waals surface area contributed by atoms with Crippen molar-refractivity contribution in [2.45, 2.75) is 18.9 Å². The fourth-order valence-corrected chi connectivity index (χ4v) is 2.83. The second-order valence-electron chi connectivity index (χ2n) is 4.53. The number of halogens is 1. The van der Waals surface area contributed by atoms with Crippen LogP contribution < -0.4 is 10.1 Å². The van der Waals surface area contributed by atoms with Crippen LogP contribution in [0.5, 0.6) is 5.75 Å². The minimum Gasteiger partial charge on any atom is -0.489 e. The van der Waals surface area contributed by atoms with Crippen LogP contribution in [0.25, 0.3) is 0 Å². The van der Waals surface area contributed by atoms with Gasteiger partial charge in [-0.3, -0.25) is 4.99 Å². The van der Waals surface area contributed by atoms with E-state index in [1.165, 1.54) is 3.57 Å². The summed E-state index contributed by atoms with van der Waals surface area (Å²) in [4.78, 5) is 6.52. The summed E-state index contributed by atoms with van der Waals surface area (Å²) in [6, 6.07) is 8.18. The number of benzene rings is 1. The maximum Gasteiger partial charge on any atom is 0.193 e. The largest absolute Gasteiger partial charge is 0.489 e. The van der Waals surface area contributed by atoms with Crippen LogP contribution >= 0.6 is 22.6 Å². The van der Waals surface area contributed by atoms with E-state index < -0.39 is 0 Å². The standard InChI is InChI=1S/C14H20IN3O/c1-16-14(17-2)18-9-7-11(8-10-18)19-13-6-4-3-5-12(13)15/h3-6,11H,7-10H2,1-2H3,(H,16,17). The van der Waals surface area contributed by atoms with Crippen molar-refractivity contribution in [3.05, 3.63) is 27.8 Å². The molecule has 0 amide bonds. The molecule has 104 valence electrons. The van der Waals surface area contributed by atoms with Crippen molar-refractivity contribution in [1.82, 2.24) is 10.2 Å². The molecule has 1 aliphatic rings. The van der Waals surface area contributed by atoms with Gasteiger partial charge in [-0.1, -0.05) is 12.1 Å². The Balaban J connectivity index is 1.89. The molecule has 1 N–H and O–H groups in total. The third-order valence-corrected chi connectivity index (χ3v) is 4.20. The molecule has 1 aliphatic heterocycles. The van der Waals surface area contributed by atoms with Crippen molar-refractivity contribution >= 4 is 28.6 Å². The molecular formula is C14H20IN3O. The van der Waals surface area contributed by atoms with Crippen molar-refractivity contribution in [3.8, 4) is 5.75 Å². The molecule has 0 saturated carbocycles. The average Bonchev–Trinajstić information content (AvgIpc) is 2.44. The van der Waals surface area contributed by atoms with Gasteiger partial charge in [0.25, 0.3) is 0 Å². The van der Waals surface area contributed by atoms with Gasteiger partial charge in [0, 0.05) is 40.0 Å². The molecule has 0 unspecified atom stereocenters. The van der Waals surface area contributed by atoms with Gasteiger partial charge in [0.2, 0.25) is 0 Å². The van der Waals surface area contributed by atoms with Gasteiger partial charge in [0.15, 0.2) is 5.96 Å². The van der Waals surface area contributed by atoms with Crippen LogP contribution in [0.2, 0.25) is 0 Å². The first-order valence-corrected chi connectivity index (χ1v) is 7.63. The molecule has 1 aromatic carbocycles. The molecule has 1 heterocycles. The minimum atomic E-state index is 0.308. The van der Waals surface area contributed by atoms with Gasteiger partial charge in [-0.05, 0) is 34.7 Å². The number of aliphatic imine (C=N–C) groups is 1. The molecule has 2 rings (SSSR count). The van der Waals surface area contributed by atoms with E-state index in [9.17, 15) is 0 Å². The summed E-state index contributed by atoms with van der Waals surface area (Å²) in [6.07, 6.45) is 2.37. The monoisotopic (exact) mass is 373 g/mol. The number of rotatable bonds is 2. The summed E-state index contributed by atoms with van der Waals surface area (Å²) in [6.45, 7) is 1.98. The molecule has 0 aliphatic carbocycles. The molecule has 5 heteroatoms. The Kier molecular flexibility index (Phi) is 5.30. The smallest absolute Gasteiger partial charge is 0.193 e. The lowest BCUT2D eigenvalue weighted by molar-refractivity contribution is 0.129. The van der Waals surface area contributed by atoms with Gasteiger partial charge < -0.3 is 15.0 Å². The molecule has 0 spiro atoms. The van der Waals surface area contributed by atoms with Gasteiger partial charge in [0.1, 0.15) is 11.9 Å². The van der Waals surface area contributed by atoms with Gasteiger partial charge in [-0.2, -0.15) is 0 Å². The van der Waals surface area contributed by atoms with E-state index in [2.05, 4.69) is 43.9 Å². The summed E-state index contributed by atoms with van der Waals surface area (Å²) < 4.78 is 7.26. The zero-order valence-corrected chi connectivity index (χ0v) is 13.6. The molecule has 1 saturated heterocycles. The van der Waals surface area contributed by atoms with Crippen LogP contribution in [-0.4, -0.2) is 44.1 Å². The summed E-state index contributed by atoms with van der Waals surface area (Å²) in [7, 11) is 3.73. The summed E-state index contributed by atoms with van der Waals surface area (Å²) in [5.74, 6) is 1.97. The molecule has 4 nitrogen and oxygen atoms in total. The molecule has 0 aromatic heterocycles. The normalized spacial score (nSPS) is 17.4. The van der Waals surface area contributed by atoms with E-state index in [1.807, 2.05) is 32.3 Å². The molecule has 1 fully saturated rings. The number of guanidine groups is 1. The fraction of sp³-hybridized carbons (Fsp3) is 0.500. The molecule has 0 bridgehead atoms. The predicted molar refractivity (Wildman–Crippen MR) is 86.8 cm³/mol. The highest BCUT2D eigenvalue weighted by Gasteiger charge is 2.22. The van der Waals surface area contributed by atoms with E-state index in [0.29, 0.717) is 6.10 Å². The Morgan fingerprint density at radius 1 is 1.37 bits per heavy atom. The van der Waals surface area contributed by atoms with Gasteiger partial charge in [-0.25, -0.2) is 0 Å². The number of nitrogens with zero attached hydrogens (tertiary/aromatic N) is 2. The Hall–Kier alpha value is -0.980. The van der Waals surface area contributed by atoms with Crippen LogP contribution in [0, 0.1) is 3.57 Å². The zero-order valence-electron chi connectivity index (χ0n) is 11.4. The lowest BCUT2D eigenvalue weighted by atomic mass is 10.1. The molecule has 19 heavy (non-hydrogen) atoms. The quantitative estimate of drug-likeness (QED) is 0.491. The fourth-order valence-electron chi connectivity index (χ4n) is 2.32. The zero-order chi connectivity index (χ0) is 13.7. The highest BCUT2D eigenvalue weighted by Crippen LogP contribution is 2.24. The van der Waals surface area contributed by atoms with Crippen molar-refractivity contribution < 1.29 is 4.74 Å². The van der Waals surface area contributed by atoms with E-state index in [-0.39, 0.29) is 0 Å². The third kappa shape index (κ3) is 3.75. The number of ether oxygens (including phenoxy) is 1. The van der Waals surface area contributed by atoms with Crippen molar-refractivity contribution in [2.24, 2.45) is 4.99 Å². The third-order valence-electron chi connectivity index (χ3n) is 3.31. The van der Waals surface area contributed by atoms with Crippen LogP contribution in [0.1, 0.15) is 12.8 Å². The molecule has 0 atom stereocenters. The lowest BCUT2D eigenvalue weighted by Crippen LogP contribution is -2.46. The van der Waals surface area contributed by atoms with Crippen LogP contribution in [0.15, 0.2) is 29.3 Å². The number of para-hydroxylation sites is 1. The maximum absolute atomic E-state index is 6.09. The van der Waals surface area contributed by atoms with Gasteiger partial charge >= 0.3 is 0 Å². The number of nitrogens with one attached hydrogen (secondary N) is 1. The first kappa shape index (κ1) is 14.4. The highest BCUT2D eigenvalue weighted by atomic mass is 127. The summed E-state index contributed by atoms with van der Waals surface area (Å²) in [5, 5.41) is 3.13. The Bertz CT molecular complexity index is 442. The summed E-state index contributed by atoms with van der Waals surface area (Å²) >= 11 is 2.32. The average molecular weight is 373 g/mol. The maximum atomic E-state index is 6.09. The lowest BCUT2D eigenvalue weighted by Gasteiger charge is -2.34. The van der Waals surface area contributed by atoms with E-state index >= 15 is 0 Å². The van der Waals surface area contributed by atoms with Crippen LogP contribution in [0.4, 0.5) is 0 Å². The Morgan fingerprint density at radius 2 is 2.05 bits per heavy atom. The number of hydrogen-bond acceptors (Lipinski definition) is 2. The van der Waals surface area contributed by atoms with Gasteiger partial charge in [0.05, 0.1) is 3.57 Å². The second-order valence-corrected chi connectivity index (χ2v) is 5.69. The van der Waals surface area contributed by atoms with Crippen molar-refractivity contribution in [3.63, 3.8) is 0 Å². The number of likely N-dealkylation sites (tertiary alicyclic amines) is 1. The number of piperidine rings is 1. The second kappa shape index (κ2) is 6.98. The highest BCUT2D eigenvalue weighted by molar-refractivity contribution is 14.1. The van der Waals surface area contributed by atoms with Crippen LogP contribution in [-0.2, 0) is 0 Å². The molecule has 0 radical (unpaired) electrons. The Labute approximate surface area is 128 Å². The minimum absolute atomic E-state index is 0.308. The van der Waals surface area contributed by atoms with Crippen molar-refractivity contribution in [1.29, 1.82) is 0 Å². The van der Waals surface area contributed by atoms with Crippen LogP contribution in [0.3, 0.4) is 0 Å². The topological polar surface area (TPSA) is 36.9 Å². The van der Waals surface area contributed by atoms with E-state index in [0.717, 1.165) is 37.6 Å². The predicted octanol–water partition coefficient (Wildman–Crippen LogP) is 2.34. The SMILES string of the molecule is CN=C(NC)N1CCC(Oc2ccccc2I)CC1. The first-order valence-electron chi connectivity index (χ1n) is 6.55. The molecule has 1 aromatic rings. The molecular weight excluding hydrogens is 353 g/mol. The summed E-state index contributed by atoms with van der Waals surface area (Å²) in [5.41, 5.74) is 0. The van der Waals surface area contributed by atoms with Crippen molar-refractivity contribution in [2.75, 3.05) is 27.2 Å². The first-order chi connectivity index (χ1) is 9.24. The Morgan fingerprint density at radius 3 is 2.63 bits per heavy atom. The van der Waals surface area contributed by atoms with Gasteiger partial charge in [-0.15, -0.1) is 0 Å². The van der Waals surface area contributed by atoms with E-state index in [1.54, 1.807) is 0 Å². The number of hydrogen-bond donors (Lipinski definition) is 1. The van der Waals surface area contributed by atoms with E-state index in [4.69, 9.17) is 4.74 Å².